The molecule has 0 saturated heterocycles. The zero-order chi connectivity index (χ0) is 23.1. The quantitative estimate of drug-likeness (QED) is 0.155. The van der Waals surface area contributed by atoms with Gasteiger partial charge in [0.15, 0.2) is 5.76 Å². The second kappa shape index (κ2) is 10.2. The smallest absolute Gasteiger partial charge is 0.343 e. The average molecular weight is 466 g/mol. The molecule has 33 heavy (non-hydrogen) atoms. The van der Waals surface area contributed by atoms with Gasteiger partial charge >= 0.3 is 5.97 Å². The van der Waals surface area contributed by atoms with Crippen LogP contribution in [-0.2, 0) is 16.5 Å². The summed E-state index contributed by atoms with van der Waals surface area (Å²) in [5.41, 5.74) is 1.02. The first kappa shape index (κ1) is 22.4. The molecule has 4 aromatic carbocycles. The van der Waals surface area contributed by atoms with Gasteiger partial charge in [0.25, 0.3) is 0 Å². The fraction of sp³-hybridized carbons (Fsp3) is 0. The molecule has 5 heteroatoms. The van der Waals surface area contributed by atoms with E-state index in [2.05, 4.69) is 6.07 Å². The number of nitriles is 1. The van der Waals surface area contributed by atoms with Gasteiger partial charge in [-0.2, -0.15) is 5.26 Å². The van der Waals surface area contributed by atoms with Crippen LogP contribution in [0.1, 0.15) is 15.9 Å². The molecule has 0 saturated carbocycles. The van der Waals surface area contributed by atoms with Crippen molar-refractivity contribution >= 4 is 40.2 Å². The lowest BCUT2D eigenvalue weighted by Gasteiger charge is -2.25. The van der Waals surface area contributed by atoms with Gasteiger partial charge in [0.1, 0.15) is 11.4 Å². The molecule has 160 valence electrons. The SMILES string of the molecule is N#CC(=C(OC(=O)c1ccccc1)c1ccccc1)P(=S)(c1ccccc1)c1ccccc1. The summed E-state index contributed by atoms with van der Waals surface area (Å²) in [6, 6.07) is 36.7. The third-order valence-electron chi connectivity index (χ3n) is 5.12. The number of carbonyl (C=O) groups excluding carboxylic acids is 1. The molecule has 0 atom stereocenters. The molecule has 4 aromatic rings. The molecule has 0 aromatic heterocycles. The minimum atomic E-state index is -2.83. The van der Waals surface area contributed by atoms with Gasteiger partial charge in [-0.1, -0.05) is 121 Å². The highest BCUT2D eigenvalue weighted by Crippen LogP contribution is 2.54. The molecule has 0 spiro atoms. The maximum absolute atomic E-state index is 13.1. The number of rotatable bonds is 6. The first-order chi connectivity index (χ1) is 16.1. The van der Waals surface area contributed by atoms with E-state index in [1.807, 2.05) is 97.1 Å². The van der Waals surface area contributed by atoms with Crippen LogP contribution in [0.15, 0.2) is 127 Å². The van der Waals surface area contributed by atoms with Crippen molar-refractivity contribution in [3.8, 4) is 6.07 Å². The molecule has 0 bridgehead atoms. The fourth-order valence-corrected chi connectivity index (χ4v) is 7.21. The van der Waals surface area contributed by atoms with Gasteiger partial charge in [-0.3, -0.25) is 0 Å². The summed E-state index contributed by atoms with van der Waals surface area (Å²) < 4.78 is 5.94. The number of esters is 1. The van der Waals surface area contributed by atoms with Crippen LogP contribution in [0.3, 0.4) is 0 Å². The lowest BCUT2D eigenvalue weighted by atomic mass is 10.1. The molecule has 4 rings (SSSR count). The molecule has 0 aliphatic carbocycles. The molecular weight excluding hydrogens is 445 g/mol. The Morgan fingerprint density at radius 2 is 1.06 bits per heavy atom. The monoisotopic (exact) mass is 465 g/mol. The Morgan fingerprint density at radius 1 is 0.667 bits per heavy atom. The Balaban J connectivity index is 1.99. The van der Waals surface area contributed by atoms with Gasteiger partial charge in [-0.25, -0.2) is 4.79 Å². The summed E-state index contributed by atoms with van der Waals surface area (Å²) in [6.07, 6.45) is 0. The Morgan fingerprint density at radius 3 is 1.48 bits per heavy atom. The Labute approximate surface area is 198 Å². The summed E-state index contributed by atoms with van der Waals surface area (Å²) in [4.78, 5) is 13.1. The number of ether oxygens (including phenoxy) is 1. The fourth-order valence-electron chi connectivity index (χ4n) is 3.51. The van der Waals surface area contributed by atoms with E-state index in [9.17, 15) is 10.1 Å². The molecular formula is C28H20NO2PS. The van der Waals surface area contributed by atoms with E-state index in [4.69, 9.17) is 16.5 Å². The number of allylic oxidation sites excluding steroid dienone is 1. The Bertz CT molecular complexity index is 1320. The summed E-state index contributed by atoms with van der Waals surface area (Å²) in [5.74, 6) is -0.340. The molecule has 0 aliphatic rings. The van der Waals surface area contributed by atoms with Gasteiger partial charge in [-0.15, -0.1) is 0 Å². The summed E-state index contributed by atoms with van der Waals surface area (Å²) in [7, 11) is 0. The largest absolute Gasteiger partial charge is 0.421 e. The van der Waals surface area contributed by atoms with E-state index in [0.717, 1.165) is 10.6 Å². The van der Waals surface area contributed by atoms with Gasteiger partial charge in [0.2, 0.25) is 0 Å². The van der Waals surface area contributed by atoms with E-state index < -0.39 is 12.0 Å². The number of nitrogens with zero attached hydrogens (tertiary/aromatic N) is 1. The van der Waals surface area contributed by atoms with E-state index in [0.29, 0.717) is 11.1 Å². The first-order valence-corrected chi connectivity index (χ1v) is 13.1. The van der Waals surface area contributed by atoms with Crippen molar-refractivity contribution in [2.75, 3.05) is 0 Å². The molecule has 0 amide bonds. The Hall–Kier alpha value is -3.77. The second-order valence-electron chi connectivity index (χ2n) is 7.19. The van der Waals surface area contributed by atoms with Gasteiger partial charge in [0.05, 0.1) is 11.6 Å². The summed E-state index contributed by atoms with van der Waals surface area (Å²) in [5, 5.41) is 12.5. The summed E-state index contributed by atoms with van der Waals surface area (Å²) >= 11 is 6.34. The van der Waals surface area contributed by atoms with Crippen LogP contribution in [0.5, 0.6) is 0 Å². The van der Waals surface area contributed by atoms with Crippen molar-refractivity contribution in [3.63, 3.8) is 0 Å². The molecule has 0 unspecified atom stereocenters. The van der Waals surface area contributed by atoms with Crippen molar-refractivity contribution in [1.29, 1.82) is 5.26 Å². The van der Waals surface area contributed by atoms with Crippen LogP contribution < -0.4 is 10.6 Å². The number of hydrogen-bond donors (Lipinski definition) is 0. The third-order valence-corrected chi connectivity index (χ3v) is 9.91. The van der Waals surface area contributed by atoms with Crippen LogP contribution in [0.25, 0.3) is 5.76 Å². The van der Waals surface area contributed by atoms with E-state index in [-0.39, 0.29) is 11.1 Å². The normalized spacial score (nSPS) is 11.7. The predicted octanol–water partition coefficient (Wildman–Crippen LogP) is 5.87. The van der Waals surface area contributed by atoms with Crippen molar-refractivity contribution in [2.45, 2.75) is 0 Å². The molecule has 0 radical (unpaired) electrons. The van der Waals surface area contributed by atoms with Gasteiger partial charge < -0.3 is 4.74 Å². The molecule has 0 aliphatic heterocycles. The van der Waals surface area contributed by atoms with Gasteiger partial charge in [-0.05, 0) is 22.7 Å². The highest BCUT2D eigenvalue weighted by Gasteiger charge is 2.32. The number of hydrogen-bond acceptors (Lipinski definition) is 4. The van der Waals surface area contributed by atoms with Gasteiger partial charge in [0, 0.05) is 5.56 Å². The second-order valence-corrected chi connectivity index (χ2v) is 11.5. The molecule has 0 heterocycles. The molecule has 0 N–H and O–H groups in total. The lowest BCUT2D eigenvalue weighted by Crippen LogP contribution is -2.18. The van der Waals surface area contributed by atoms with Crippen molar-refractivity contribution in [3.05, 3.63) is 138 Å². The van der Waals surface area contributed by atoms with Crippen molar-refractivity contribution in [2.24, 2.45) is 0 Å². The zero-order valence-corrected chi connectivity index (χ0v) is 19.4. The van der Waals surface area contributed by atoms with E-state index in [1.165, 1.54) is 0 Å². The third kappa shape index (κ3) is 4.71. The molecule has 3 nitrogen and oxygen atoms in total. The van der Waals surface area contributed by atoms with E-state index in [1.54, 1.807) is 24.3 Å². The zero-order valence-electron chi connectivity index (χ0n) is 17.7. The van der Waals surface area contributed by atoms with Crippen LogP contribution in [0, 0.1) is 11.3 Å². The molecule has 0 fully saturated rings. The van der Waals surface area contributed by atoms with Crippen LogP contribution in [-0.4, -0.2) is 5.97 Å². The van der Waals surface area contributed by atoms with Crippen molar-refractivity contribution < 1.29 is 9.53 Å². The highest BCUT2D eigenvalue weighted by molar-refractivity contribution is 8.24. The number of carbonyl (C=O) groups is 1. The van der Waals surface area contributed by atoms with Crippen LogP contribution >= 0.6 is 6.04 Å². The minimum Gasteiger partial charge on any atom is -0.421 e. The predicted molar refractivity (Wildman–Crippen MR) is 137 cm³/mol. The topological polar surface area (TPSA) is 50.1 Å². The minimum absolute atomic E-state index is 0.197. The Kier molecular flexibility index (Phi) is 6.95. The summed E-state index contributed by atoms with van der Waals surface area (Å²) in [6.45, 7) is 0. The van der Waals surface area contributed by atoms with Crippen molar-refractivity contribution in [1.82, 2.24) is 0 Å². The standard InChI is InChI=1S/C28H20NO2PS/c29-21-26(32(33,24-17-9-3-10-18-24)25-19-11-4-12-20-25)27(22-13-5-1-6-14-22)31-28(30)23-15-7-2-8-16-23/h1-20H. The first-order valence-electron chi connectivity index (χ1n) is 10.3. The average Bonchev–Trinajstić information content (AvgIpc) is 2.90. The number of benzene rings is 4. The maximum Gasteiger partial charge on any atom is 0.343 e. The van der Waals surface area contributed by atoms with Crippen LogP contribution in [0.2, 0.25) is 0 Å². The highest BCUT2D eigenvalue weighted by atomic mass is 32.4. The lowest BCUT2D eigenvalue weighted by molar-refractivity contribution is 0.0691. The van der Waals surface area contributed by atoms with E-state index >= 15 is 0 Å². The maximum atomic E-state index is 13.1. The van der Waals surface area contributed by atoms with Crippen LogP contribution in [0.4, 0.5) is 0 Å².